The number of nitro groups is 1. The van der Waals surface area contributed by atoms with Crippen LogP contribution in [-0.2, 0) is 20.1 Å². The molecular weight excluding hydrogens is 385 g/mol. The molecule has 2 aromatic carbocycles. The largest absolute Gasteiger partial charge is 0.386 e. The van der Waals surface area contributed by atoms with Crippen molar-refractivity contribution in [1.82, 2.24) is 0 Å². The maximum atomic E-state index is 14.5. The molecule has 3 rings (SSSR count). The monoisotopic (exact) mass is 405 g/mol. The molecule has 2 N–H and O–H groups in total. The van der Waals surface area contributed by atoms with Crippen LogP contribution >= 0.6 is 0 Å². The van der Waals surface area contributed by atoms with Crippen molar-refractivity contribution >= 4 is 21.4 Å². The summed E-state index contributed by atoms with van der Waals surface area (Å²) in [7, 11) is -3.94. The molecule has 0 aromatic heterocycles. The zero-order valence-corrected chi connectivity index (χ0v) is 16.5. The first-order chi connectivity index (χ1) is 12.9. The van der Waals surface area contributed by atoms with E-state index in [1.807, 2.05) is 6.92 Å². The summed E-state index contributed by atoms with van der Waals surface area (Å²) in [5, 5.41) is 11.1. The Morgan fingerprint density at radius 2 is 1.79 bits per heavy atom. The number of amidine groups is 1. The lowest BCUT2D eigenvalue weighted by atomic mass is 9.91. The quantitative estimate of drug-likeness (QED) is 0.623. The molecule has 7 nitrogen and oxygen atoms in total. The molecule has 0 bridgehead atoms. The van der Waals surface area contributed by atoms with Gasteiger partial charge in [0.25, 0.3) is 5.69 Å². The second kappa shape index (κ2) is 6.37. The number of aryl methyl sites for hydroxylation is 1. The van der Waals surface area contributed by atoms with E-state index in [4.69, 9.17) is 5.73 Å². The lowest BCUT2D eigenvalue weighted by Gasteiger charge is -2.40. The highest BCUT2D eigenvalue weighted by atomic mass is 32.2. The van der Waals surface area contributed by atoms with Crippen molar-refractivity contribution in [3.05, 3.63) is 75.1 Å². The number of aliphatic imine (C=N–C) groups is 1. The maximum absolute atomic E-state index is 14.5. The SMILES string of the molecule is Cc1ccc([C@]2(C)C(N)=N[C@](C)(c3cc([N+](=O)[O-])ccc3F)CS2(=O)=O)cc1. The molecule has 0 saturated carbocycles. The van der Waals surface area contributed by atoms with Crippen molar-refractivity contribution in [1.29, 1.82) is 0 Å². The number of non-ortho nitro benzene ring substituents is 1. The molecule has 28 heavy (non-hydrogen) atoms. The van der Waals surface area contributed by atoms with Gasteiger partial charge in [-0.05, 0) is 32.4 Å². The molecular formula is C19H20FN3O4S. The predicted molar refractivity (Wildman–Crippen MR) is 104 cm³/mol. The highest BCUT2D eigenvalue weighted by molar-refractivity contribution is 7.93. The van der Waals surface area contributed by atoms with Gasteiger partial charge in [0.2, 0.25) is 0 Å². The fraction of sp³-hybridized carbons (Fsp3) is 0.316. The molecule has 0 unspecified atom stereocenters. The lowest BCUT2D eigenvalue weighted by molar-refractivity contribution is -0.385. The molecule has 9 heteroatoms. The summed E-state index contributed by atoms with van der Waals surface area (Å²) in [5.41, 5.74) is 5.44. The van der Waals surface area contributed by atoms with Crippen LogP contribution in [0.1, 0.15) is 30.5 Å². The standard InChI is InChI=1S/C19H20FN3O4S/c1-12-4-6-13(7-5-12)19(3)17(21)22-18(2,11-28(19,26)27)15-10-14(23(24)25)8-9-16(15)20/h4-10H,11H2,1-3H3,(H2,21,22)/t18-,19+/m0/s1. The number of halogens is 1. The maximum Gasteiger partial charge on any atom is 0.270 e. The molecule has 0 fully saturated rings. The molecule has 0 radical (unpaired) electrons. The molecule has 2 atom stereocenters. The number of nitrogens with zero attached hydrogens (tertiary/aromatic N) is 2. The summed E-state index contributed by atoms with van der Waals surface area (Å²) >= 11 is 0. The van der Waals surface area contributed by atoms with Gasteiger partial charge in [0, 0.05) is 17.7 Å². The first kappa shape index (κ1) is 19.9. The van der Waals surface area contributed by atoms with Gasteiger partial charge in [-0.3, -0.25) is 15.1 Å². The number of hydrogen-bond donors (Lipinski definition) is 1. The second-order valence-electron chi connectivity index (χ2n) is 7.35. The molecule has 0 aliphatic carbocycles. The number of nitrogens with two attached hydrogens (primary N) is 1. The Hall–Kier alpha value is -2.81. The Morgan fingerprint density at radius 3 is 2.32 bits per heavy atom. The summed E-state index contributed by atoms with van der Waals surface area (Å²) in [6, 6.07) is 9.86. The van der Waals surface area contributed by atoms with E-state index < -0.39 is 36.6 Å². The van der Waals surface area contributed by atoms with E-state index in [0.717, 1.165) is 23.8 Å². The van der Waals surface area contributed by atoms with Gasteiger partial charge in [-0.1, -0.05) is 29.8 Å². The van der Waals surface area contributed by atoms with E-state index in [2.05, 4.69) is 4.99 Å². The van der Waals surface area contributed by atoms with Gasteiger partial charge in [0.1, 0.15) is 17.2 Å². The van der Waals surface area contributed by atoms with Crippen molar-refractivity contribution in [3.8, 4) is 0 Å². The van der Waals surface area contributed by atoms with E-state index >= 15 is 0 Å². The summed E-state index contributed by atoms with van der Waals surface area (Å²) in [4.78, 5) is 14.7. The molecule has 1 heterocycles. The molecule has 1 aliphatic rings. The van der Waals surface area contributed by atoms with Gasteiger partial charge in [-0.15, -0.1) is 0 Å². The molecule has 2 aromatic rings. The minimum Gasteiger partial charge on any atom is -0.386 e. The van der Waals surface area contributed by atoms with Gasteiger partial charge < -0.3 is 5.73 Å². The van der Waals surface area contributed by atoms with Crippen LogP contribution < -0.4 is 5.73 Å². The summed E-state index contributed by atoms with van der Waals surface area (Å²) in [5.74, 6) is -1.50. The summed E-state index contributed by atoms with van der Waals surface area (Å²) in [6.07, 6.45) is 0. The highest BCUT2D eigenvalue weighted by Crippen LogP contribution is 2.43. The number of nitro benzene ring substituents is 1. The zero-order chi connectivity index (χ0) is 20.9. The summed E-state index contributed by atoms with van der Waals surface area (Å²) < 4.78 is 39.5. The van der Waals surface area contributed by atoms with Crippen LogP contribution in [0.2, 0.25) is 0 Å². The lowest BCUT2D eigenvalue weighted by Crippen LogP contribution is -2.54. The van der Waals surface area contributed by atoms with Crippen LogP contribution in [0.5, 0.6) is 0 Å². The normalized spacial score (nSPS) is 26.5. The van der Waals surface area contributed by atoms with Crippen molar-refractivity contribution in [3.63, 3.8) is 0 Å². The Balaban J connectivity index is 2.21. The van der Waals surface area contributed by atoms with Crippen LogP contribution in [-0.4, -0.2) is 24.9 Å². The fourth-order valence-electron chi connectivity index (χ4n) is 3.46. The molecule has 0 saturated heterocycles. The fourth-order valence-corrected chi connectivity index (χ4v) is 5.56. The molecule has 0 amide bonds. The minimum atomic E-state index is -3.94. The Labute approximate surface area is 162 Å². The third-order valence-corrected chi connectivity index (χ3v) is 7.92. The Kier molecular flexibility index (Phi) is 4.54. The van der Waals surface area contributed by atoms with Crippen LogP contribution in [0.15, 0.2) is 47.5 Å². The van der Waals surface area contributed by atoms with Crippen LogP contribution in [0, 0.1) is 22.9 Å². The van der Waals surface area contributed by atoms with E-state index in [0.29, 0.717) is 5.56 Å². The average Bonchev–Trinajstić information content (AvgIpc) is 2.59. The van der Waals surface area contributed by atoms with Gasteiger partial charge in [0.05, 0.1) is 10.7 Å². The first-order valence-electron chi connectivity index (χ1n) is 8.50. The number of rotatable bonds is 3. The minimum absolute atomic E-state index is 0.181. The third kappa shape index (κ3) is 2.95. The average molecular weight is 405 g/mol. The number of benzene rings is 2. The van der Waals surface area contributed by atoms with E-state index in [-0.39, 0.29) is 17.1 Å². The summed E-state index contributed by atoms with van der Waals surface area (Å²) in [6.45, 7) is 4.75. The molecule has 1 aliphatic heterocycles. The van der Waals surface area contributed by atoms with Gasteiger partial charge in [0.15, 0.2) is 14.6 Å². The topological polar surface area (TPSA) is 116 Å². The number of hydrogen-bond acceptors (Lipinski definition) is 6. The van der Waals surface area contributed by atoms with Crippen molar-refractivity contribution in [2.75, 3.05) is 5.75 Å². The van der Waals surface area contributed by atoms with Crippen molar-refractivity contribution in [2.24, 2.45) is 10.7 Å². The predicted octanol–water partition coefficient (Wildman–Crippen LogP) is 2.96. The number of sulfone groups is 1. The smallest absolute Gasteiger partial charge is 0.270 e. The van der Waals surface area contributed by atoms with Crippen LogP contribution in [0.4, 0.5) is 10.1 Å². The van der Waals surface area contributed by atoms with Gasteiger partial charge in [-0.25, -0.2) is 12.8 Å². The highest BCUT2D eigenvalue weighted by Gasteiger charge is 2.53. The third-order valence-electron chi connectivity index (χ3n) is 5.29. The van der Waals surface area contributed by atoms with Crippen LogP contribution in [0.3, 0.4) is 0 Å². The van der Waals surface area contributed by atoms with Gasteiger partial charge in [-0.2, -0.15) is 0 Å². The van der Waals surface area contributed by atoms with Crippen molar-refractivity contribution < 1.29 is 17.7 Å². The first-order valence-corrected chi connectivity index (χ1v) is 10.2. The molecule has 0 spiro atoms. The zero-order valence-electron chi connectivity index (χ0n) is 15.6. The van der Waals surface area contributed by atoms with E-state index in [9.17, 15) is 22.9 Å². The van der Waals surface area contributed by atoms with E-state index in [1.54, 1.807) is 24.3 Å². The molecule has 148 valence electrons. The van der Waals surface area contributed by atoms with Gasteiger partial charge >= 0.3 is 0 Å². The Bertz CT molecular complexity index is 1100. The Morgan fingerprint density at radius 1 is 1.18 bits per heavy atom. The van der Waals surface area contributed by atoms with Crippen molar-refractivity contribution in [2.45, 2.75) is 31.1 Å². The van der Waals surface area contributed by atoms with E-state index in [1.165, 1.54) is 13.8 Å². The van der Waals surface area contributed by atoms with Crippen LogP contribution in [0.25, 0.3) is 0 Å². The second-order valence-corrected chi connectivity index (χ2v) is 9.69.